The molecule has 1 aliphatic carbocycles. The number of hydrogen-bond acceptors (Lipinski definition) is 4. The van der Waals surface area contributed by atoms with Crippen LogP contribution in [0.3, 0.4) is 0 Å². The van der Waals surface area contributed by atoms with E-state index in [4.69, 9.17) is 25.8 Å². The van der Waals surface area contributed by atoms with E-state index in [1.165, 1.54) is 5.56 Å². The molecule has 1 saturated carbocycles. The van der Waals surface area contributed by atoms with Crippen LogP contribution in [0.5, 0.6) is 17.2 Å². The molecule has 0 heterocycles. The Morgan fingerprint density at radius 1 is 1.03 bits per heavy atom. The Balaban J connectivity index is 0.00000320. The van der Waals surface area contributed by atoms with Gasteiger partial charge in [0, 0.05) is 30.6 Å². The van der Waals surface area contributed by atoms with Gasteiger partial charge in [-0.1, -0.05) is 23.7 Å². The van der Waals surface area contributed by atoms with E-state index in [0.717, 1.165) is 35.9 Å². The highest BCUT2D eigenvalue weighted by Crippen LogP contribution is 2.48. The fourth-order valence-corrected chi connectivity index (χ4v) is 3.62. The number of ether oxygens (including phenoxy) is 3. The average Bonchev–Trinajstić information content (AvgIpc) is 3.54. The third-order valence-electron chi connectivity index (χ3n) is 5.29. The van der Waals surface area contributed by atoms with Gasteiger partial charge in [0.25, 0.3) is 0 Å². The minimum atomic E-state index is 0. The summed E-state index contributed by atoms with van der Waals surface area (Å²) in [5.41, 5.74) is 2.41. The SMILES string of the molecule is CN=C(NCc1cc(OC)c(OC)c(OC)c1)NCC1(c2cccc(Cl)c2)CC1.I. The van der Waals surface area contributed by atoms with Crippen molar-refractivity contribution in [1.82, 2.24) is 10.6 Å². The third kappa shape index (κ3) is 5.63. The fraction of sp³-hybridized carbons (Fsp3) is 0.409. The van der Waals surface area contributed by atoms with E-state index < -0.39 is 0 Å². The summed E-state index contributed by atoms with van der Waals surface area (Å²) in [7, 11) is 6.58. The smallest absolute Gasteiger partial charge is 0.203 e. The van der Waals surface area contributed by atoms with Gasteiger partial charge in [0.15, 0.2) is 17.5 Å². The molecule has 2 aromatic rings. The van der Waals surface area contributed by atoms with Gasteiger partial charge in [-0.15, -0.1) is 24.0 Å². The standard InChI is InChI=1S/C22H28ClN3O3.HI/c1-24-21(26-14-22(8-9-22)16-6-5-7-17(23)12-16)25-13-15-10-18(27-2)20(29-4)19(11-15)28-3;/h5-7,10-12H,8-9,13-14H2,1-4H3,(H2,24,25,26);1H. The first-order valence-corrected chi connectivity index (χ1v) is 9.92. The number of methoxy groups -OCH3 is 3. The molecule has 0 unspecified atom stereocenters. The second-order valence-electron chi connectivity index (χ2n) is 7.10. The van der Waals surface area contributed by atoms with Gasteiger partial charge >= 0.3 is 0 Å². The van der Waals surface area contributed by atoms with Crippen LogP contribution < -0.4 is 24.8 Å². The van der Waals surface area contributed by atoms with E-state index in [1.54, 1.807) is 28.4 Å². The summed E-state index contributed by atoms with van der Waals surface area (Å²) in [4.78, 5) is 4.35. The van der Waals surface area contributed by atoms with Gasteiger partial charge < -0.3 is 24.8 Å². The molecule has 6 nitrogen and oxygen atoms in total. The predicted molar refractivity (Wildman–Crippen MR) is 132 cm³/mol. The molecular weight excluding hydrogens is 517 g/mol. The Morgan fingerprint density at radius 3 is 2.20 bits per heavy atom. The van der Waals surface area contributed by atoms with E-state index in [9.17, 15) is 0 Å². The van der Waals surface area contributed by atoms with Crippen LogP contribution in [-0.4, -0.2) is 40.9 Å². The Labute approximate surface area is 200 Å². The highest BCUT2D eigenvalue weighted by atomic mass is 127. The highest BCUT2D eigenvalue weighted by molar-refractivity contribution is 14.0. The molecule has 0 bridgehead atoms. The summed E-state index contributed by atoms with van der Waals surface area (Å²) in [5.74, 6) is 2.58. The van der Waals surface area contributed by atoms with Gasteiger partial charge in [-0.05, 0) is 48.2 Å². The van der Waals surface area contributed by atoms with E-state index in [0.29, 0.717) is 23.8 Å². The second-order valence-corrected chi connectivity index (χ2v) is 7.54. The second kappa shape index (κ2) is 10.9. The Kier molecular flexibility index (Phi) is 8.91. The van der Waals surface area contributed by atoms with Gasteiger partial charge in [0.2, 0.25) is 5.75 Å². The zero-order valence-corrected chi connectivity index (χ0v) is 20.8. The Bertz CT molecular complexity index is 863. The lowest BCUT2D eigenvalue weighted by molar-refractivity contribution is 0.323. The molecule has 1 aliphatic rings. The molecule has 8 heteroatoms. The van der Waals surface area contributed by atoms with E-state index in [2.05, 4.69) is 27.8 Å². The van der Waals surface area contributed by atoms with Crippen LogP contribution in [0.25, 0.3) is 0 Å². The molecule has 164 valence electrons. The summed E-state index contributed by atoms with van der Waals surface area (Å²) < 4.78 is 16.2. The van der Waals surface area contributed by atoms with E-state index in [-0.39, 0.29) is 29.4 Å². The number of aliphatic imine (C=N–C) groups is 1. The van der Waals surface area contributed by atoms with Crippen molar-refractivity contribution >= 4 is 41.5 Å². The van der Waals surface area contributed by atoms with Crippen LogP contribution in [0, 0.1) is 0 Å². The Hall–Kier alpha value is -1.87. The normalized spacial score (nSPS) is 14.4. The maximum atomic E-state index is 6.17. The topological polar surface area (TPSA) is 64.1 Å². The molecule has 0 aliphatic heterocycles. The first-order chi connectivity index (χ1) is 14.0. The number of rotatable bonds is 8. The van der Waals surface area contributed by atoms with E-state index in [1.807, 2.05) is 24.3 Å². The maximum Gasteiger partial charge on any atom is 0.203 e. The van der Waals surface area contributed by atoms with Gasteiger partial charge in [-0.2, -0.15) is 0 Å². The van der Waals surface area contributed by atoms with Gasteiger partial charge in [0.1, 0.15) is 0 Å². The number of guanidine groups is 1. The van der Waals surface area contributed by atoms with Crippen LogP contribution in [0.1, 0.15) is 24.0 Å². The van der Waals surface area contributed by atoms with Crippen molar-refractivity contribution in [3.05, 3.63) is 52.5 Å². The third-order valence-corrected chi connectivity index (χ3v) is 5.53. The number of nitrogens with one attached hydrogen (secondary N) is 2. The molecule has 0 amide bonds. The largest absolute Gasteiger partial charge is 0.493 e. The minimum absolute atomic E-state index is 0. The van der Waals surface area contributed by atoms with Crippen molar-refractivity contribution in [3.63, 3.8) is 0 Å². The van der Waals surface area contributed by atoms with Crippen LogP contribution in [0.2, 0.25) is 5.02 Å². The number of hydrogen-bond donors (Lipinski definition) is 2. The molecule has 3 rings (SSSR count). The zero-order valence-electron chi connectivity index (χ0n) is 17.8. The number of benzene rings is 2. The van der Waals surface area contributed by atoms with Crippen molar-refractivity contribution in [1.29, 1.82) is 0 Å². The summed E-state index contributed by atoms with van der Waals surface area (Å²) in [6.07, 6.45) is 2.29. The Morgan fingerprint density at radius 2 is 1.70 bits per heavy atom. The van der Waals surface area contributed by atoms with Crippen LogP contribution in [0.4, 0.5) is 0 Å². The van der Waals surface area contributed by atoms with Crippen molar-refractivity contribution in [3.8, 4) is 17.2 Å². The van der Waals surface area contributed by atoms with Crippen molar-refractivity contribution in [2.24, 2.45) is 4.99 Å². The van der Waals surface area contributed by atoms with Gasteiger partial charge in [-0.3, -0.25) is 4.99 Å². The first kappa shape index (κ1) is 24.4. The molecule has 0 radical (unpaired) electrons. The molecule has 2 N–H and O–H groups in total. The van der Waals surface area contributed by atoms with Gasteiger partial charge in [0.05, 0.1) is 21.3 Å². The van der Waals surface area contributed by atoms with Crippen LogP contribution in [0.15, 0.2) is 41.4 Å². The highest BCUT2D eigenvalue weighted by Gasteiger charge is 2.44. The molecular formula is C22H29ClIN3O3. The quantitative estimate of drug-likeness (QED) is 0.293. The lowest BCUT2D eigenvalue weighted by Gasteiger charge is -2.20. The van der Waals surface area contributed by atoms with Crippen molar-refractivity contribution < 1.29 is 14.2 Å². The summed E-state index contributed by atoms with van der Waals surface area (Å²) in [5, 5.41) is 7.58. The van der Waals surface area contributed by atoms with Crippen LogP contribution >= 0.6 is 35.6 Å². The zero-order chi connectivity index (χ0) is 20.9. The lowest BCUT2D eigenvalue weighted by Crippen LogP contribution is -2.40. The van der Waals surface area contributed by atoms with Crippen molar-refractivity contribution in [2.75, 3.05) is 34.9 Å². The minimum Gasteiger partial charge on any atom is -0.493 e. The van der Waals surface area contributed by atoms with Gasteiger partial charge in [-0.25, -0.2) is 0 Å². The van der Waals surface area contributed by atoms with Crippen LogP contribution in [-0.2, 0) is 12.0 Å². The predicted octanol–water partition coefficient (Wildman–Crippen LogP) is 4.38. The number of halogens is 2. The molecule has 1 fully saturated rings. The molecule has 0 aromatic heterocycles. The molecule has 0 atom stereocenters. The lowest BCUT2D eigenvalue weighted by atomic mass is 9.96. The first-order valence-electron chi connectivity index (χ1n) is 9.54. The average molecular weight is 546 g/mol. The summed E-state index contributed by atoms with van der Waals surface area (Å²) in [6.45, 7) is 1.38. The fourth-order valence-electron chi connectivity index (χ4n) is 3.43. The molecule has 0 spiro atoms. The molecule has 0 saturated heterocycles. The molecule has 30 heavy (non-hydrogen) atoms. The maximum absolute atomic E-state index is 6.17. The summed E-state index contributed by atoms with van der Waals surface area (Å²) >= 11 is 6.17. The van der Waals surface area contributed by atoms with Crippen molar-refractivity contribution in [2.45, 2.75) is 24.8 Å². The number of nitrogens with zero attached hydrogens (tertiary/aromatic N) is 1. The molecule has 2 aromatic carbocycles. The summed E-state index contributed by atoms with van der Waals surface area (Å²) in [6, 6.07) is 12.0. The van der Waals surface area contributed by atoms with E-state index >= 15 is 0 Å². The monoisotopic (exact) mass is 545 g/mol.